The van der Waals surface area contributed by atoms with E-state index >= 15 is 0 Å². The second kappa shape index (κ2) is 9.21. The minimum Gasteiger partial charge on any atom is -0.454 e. The fraction of sp³-hybridized carbons (Fsp3) is 0.455. The predicted molar refractivity (Wildman–Crippen MR) is 115 cm³/mol. The highest BCUT2D eigenvalue weighted by Gasteiger charge is 2.20. The molecule has 0 aromatic carbocycles. The predicted octanol–water partition coefficient (Wildman–Crippen LogP) is 2.56. The molecule has 3 heterocycles. The lowest BCUT2D eigenvalue weighted by Crippen LogP contribution is -2.40. The Morgan fingerprint density at radius 2 is 1.97 bits per heavy atom. The van der Waals surface area contributed by atoms with Crippen LogP contribution >= 0.6 is 0 Å². The van der Waals surface area contributed by atoms with E-state index in [4.69, 9.17) is 9.84 Å². The highest BCUT2D eigenvalue weighted by atomic mass is 16.5. The number of rotatable bonds is 8. The smallest absolute Gasteiger partial charge is 0.332 e. The van der Waals surface area contributed by atoms with E-state index in [1.807, 2.05) is 13.0 Å². The van der Waals surface area contributed by atoms with Crippen molar-refractivity contribution in [2.24, 2.45) is 13.0 Å². The second-order valence-corrected chi connectivity index (χ2v) is 7.91. The van der Waals surface area contributed by atoms with E-state index in [0.717, 1.165) is 22.1 Å². The molecule has 0 spiro atoms. The van der Waals surface area contributed by atoms with Gasteiger partial charge in [-0.3, -0.25) is 18.9 Å². The fourth-order valence-electron chi connectivity index (χ4n) is 3.40. The van der Waals surface area contributed by atoms with Crippen LogP contribution in [0.1, 0.15) is 37.8 Å². The highest BCUT2D eigenvalue weighted by Crippen LogP contribution is 2.30. The van der Waals surface area contributed by atoms with E-state index in [-0.39, 0.29) is 13.2 Å². The molecule has 3 aromatic heterocycles. The monoisotopic (exact) mass is 412 g/mol. The summed E-state index contributed by atoms with van der Waals surface area (Å²) >= 11 is 0. The van der Waals surface area contributed by atoms with Crippen LogP contribution in [-0.2, 0) is 20.0 Å². The SMILES string of the molecule is Cc1cncc(Oc2cnc3c(c2CCC(C)C)c(=O)n(CCCO)c(=O)n3C)c1. The third kappa shape index (κ3) is 4.43. The van der Waals surface area contributed by atoms with Gasteiger partial charge in [-0.05, 0) is 43.7 Å². The summed E-state index contributed by atoms with van der Waals surface area (Å²) in [5.74, 6) is 1.47. The number of nitrogens with zero attached hydrogens (tertiary/aromatic N) is 4. The second-order valence-electron chi connectivity index (χ2n) is 7.91. The number of aryl methyl sites for hydroxylation is 3. The van der Waals surface area contributed by atoms with Gasteiger partial charge in [-0.15, -0.1) is 0 Å². The van der Waals surface area contributed by atoms with Crippen molar-refractivity contribution in [1.82, 2.24) is 19.1 Å². The Hall–Kier alpha value is -3.00. The van der Waals surface area contributed by atoms with Crippen LogP contribution in [0, 0.1) is 12.8 Å². The number of aliphatic hydroxyl groups excluding tert-OH is 1. The van der Waals surface area contributed by atoms with E-state index in [1.165, 1.54) is 4.57 Å². The quantitative estimate of drug-likeness (QED) is 0.610. The van der Waals surface area contributed by atoms with Crippen molar-refractivity contribution in [3.05, 3.63) is 56.6 Å². The summed E-state index contributed by atoms with van der Waals surface area (Å²) in [5, 5.41) is 9.54. The largest absolute Gasteiger partial charge is 0.454 e. The zero-order valence-corrected chi connectivity index (χ0v) is 17.9. The van der Waals surface area contributed by atoms with Crippen LogP contribution in [0.3, 0.4) is 0 Å². The number of fused-ring (bicyclic) bond motifs is 1. The molecule has 0 aliphatic rings. The molecule has 1 N–H and O–H groups in total. The summed E-state index contributed by atoms with van der Waals surface area (Å²) < 4.78 is 8.62. The maximum absolute atomic E-state index is 13.3. The summed E-state index contributed by atoms with van der Waals surface area (Å²) in [6, 6.07) is 1.86. The molecular weight excluding hydrogens is 384 g/mol. The van der Waals surface area contributed by atoms with Gasteiger partial charge >= 0.3 is 5.69 Å². The number of hydrogen-bond donors (Lipinski definition) is 1. The van der Waals surface area contributed by atoms with Crippen molar-refractivity contribution >= 4 is 11.0 Å². The van der Waals surface area contributed by atoms with Crippen LogP contribution < -0.4 is 16.0 Å². The minimum atomic E-state index is -0.445. The van der Waals surface area contributed by atoms with E-state index in [9.17, 15) is 9.59 Å². The summed E-state index contributed by atoms with van der Waals surface area (Å²) in [6.07, 6.45) is 6.70. The van der Waals surface area contributed by atoms with Crippen LogP contribution in [0.2, 0.25) is 0 Å². The molecule has 0 unspecified atom stereocenters. The first kappa shape index (κ1) is 21.7. The van der Waals surface area contributed by atoms with Crippen molar-refractivity contribution in [2.45, 2.75) is 46.6 Å². The van der Waals surface area contributed by atoms with Crippen LogP contribution in [-0.4, -0.2) is 30.8 Å². The molecule has 8 heteroatoms. The number of ether oxygens (including phenoxy) is 1. The van der Waals surface area contributed by atoms with Crippen LogP contribution in [0.4, 0.5) is 0 Å². The Morgan fingerprint density at radius 1 is 1.20 bits per heavy atom. The first-order chi connectivity index (χ1) is 14.3. The molecule has 3 rings (SSSR count). The van der Waals surface area contributed by atoms with Crippen LogP contribution in [0.5, 0.6) is 11.5 Å². The molecule has 0 fully saturated rings. The number of aromatic nitrogens is 4. The van der Waals surface area contributed by atoms with E-state index in [0.29, 0.717) is 41.3 Å². The molecule has 0 radical (unpaired) electrons. The first-order valence-corrected chi connectivity index (χ1v) is 10.1. The normalized spacial score (nSPS) is 11.4. The van der Waals surface area contributed by atoms with Crippen LogP contribution in [0.25, 0.3) is 11.0 Å². The van der Waals surface area contributed by atoms with Crippen LogP contribution in [0.15, 0.2) is 34.2 Å². The summed E-state index contributed by atoms with van der Waals surface area (Å²) in [4.78, 5) is 34.5. The maximum atomic E-state index is 13.3. The van der Waals surface area contributed by atoms with Crippen molar-refractivity contribution < 1.29 is 9.84 Å². The molecule has 30 heavy (non-hydrogen) atoms. The maximum Gasteiger partial charge on any atom is 0.332 e. The molecule has 0 bridgehead atoms. The van der Waals surface area contributed by atoms with Gasteiger partial charge in [-0.2, -0.15) is 0 Å². The molecule has 0 saturated carbocycles. The molecule has 0 atom stereocenters. The van der Waals surface area contributed by atoms with Gasteiger partial charge in [-0.1, -0.05) is 13.8 Å². The Kier molecular flexibility index (Phi) is 6.66. The highest BCUT2D eigenvalue weighted by molar-refractivity contribution is 5.80. The standard InChI is InChI=1S/C22H28N4O4/c1-14(2)6-7-17-18(30-16-10-15(3)11-23-12-16)13-24-20-19(17)21(28)26(8-5-9-27)22(29)25(20)4/h10-14,27H,5-9H2,1-4H3. The van der Waals surface area contributed by atoms with Gasteiger partial charge in [-0.25, -0.2) is 9.78 Å². The topological polar surface area (TPSA) is 99.2 Å². The summed E-state index contributed by atoms with van der Waals surface area (Å²) in [7, 11) is 1.60. The molecule has 3 aromatic rings. The average Bonchev–Trinajstić information content (AvgIpc) is 2.70. The molecule has 160 valence electrons. The number of aliphatic hydroxyl groups is 1. The Labute approximate surface area is 174 Å². The molecule has 0 aliphatic heterocycles. The van der Waals surface area contributed by atoms with Gasteiger partial charge in [0.05, 0.1) is 17.8 Å². The lowest BCUT2D eigenvalue weighted by molar-refractivity contribution is 0.277. The van der Waals surface area contributed by atoms with Crippen molar-refractivity contribution in [3.63, 3.8) is 0 Å². The fourth-order valence-corrected chi connectivity index (χ4v) is 3.40. The van der Waals surface area contributed by atoms with Gasteiger partial charge in [0.25, 0.3) is 5.56 Å². The number of hydrogen-bond acceptors (Lipinski definition) is 6. The van der Waals surface area contributed by atoms with Gasteiger partial charge in [0.1, 0.15) is 17.1 Å². The molecule has 8 nitrogen and oxygen atoms in total. The summed E-state index contributed by atoms with van der Waals surface area (Å²) in [6.45, 7) is 6.20. The van der Waals surface area contributed by atoms with E-state index in [1.54, 1.807) is 25.6 Å². The third-order valence-corrected chi connectivity index (χ3v) is 5.01. The lowest BCUT2D eigenvalue weighted by atomic mass is 10.0. The average molecular weight is 412 g/mol. The number of pyridine rings is 2. The lowest BCUT2D eigenvalue weighted by Gasteiger charge is -2.17. The van der Waals surface area contributed by atoms with Crippen molar-refractivity contribution in [2.75, 3.05) is 6.61 Å². The van der Waals surface area contributed by atoms with Crippen molar-refractivity contribution in [1.29, 1.82) is 0 Å². The van der Waals surface area contributed by atoms with Crippen molar-refractivity contribution in [3.8, 4) is 11.5 Å². The Bertz CT molecular complexity index is 1160. The molecule has 0 amide bonds. The third-order valence-electron chi connectivity index (χ3n) is 5.01. The molecular formula is C22H28N4O4. The molecule has 0 saturated heterocycles. The summed E-state index contributed by atoms with van der Waals surface area (Å²) in [5.41, 5.74) is 1.17. The first-order valence-electron chi connectivity index (χ1n) is 10.1. The van der Waals surface area contributed by atoms with Gasteiger partial charge in [0.2, 0.25) is 0 Å². The zero-order chi connectivity index (χ0) is 21.8. The van der Waals surface area contributed by atoms with Gasteiger partial charge < -0.3 is 9.84 Å². The van der Waals surface area contributed by atoms with E-state index in [2.05, 4.69) is 23.8 Å². The van der Waals surface area contributed by atoms with Gasteiger partial charge in [0.15, 0.2) is 0 Å². The zero-order valence-electron chi connectivity index (χ0n) is 17.9. The van der Waals surface area contributed by atoms with Gasteiger partial charge in [0, 0.05) is 32.0 Å². The Morgan fingerprint density at radius 3 is 2.63 bits per heavy atom. The Balaban J connectivity index is 2.25. The van der Waals surface area contributed by atoms with E-state index < -0.39 is 11.2 Å². The minimum absolute atomic E-state index is 0.102. The molecule has 0 aliphatic carbocycles.